The minimum atomic E-state index is -3.47. The van der Waals surface area contributed by atoms with E-state index in [1.165, 1.54) is 4.31 Å². The Morgan fingerprint density at radius 1 is 1.22 bits per heavy atom. The molecule has 1 amide bonds. The maximum absolute atomic E-state index is 12.6. The summed E-state index contributed by atoms with van der Waals surface area (Å²) in [6.45, 7) is 6.11. The van der Waals surface area contributed by atoms with E-state index in [9.17, 15) is 13.2 Å². The molecule has 6 nitrogen and oxygen atoms in total. The number of sulfonamides is 1. The molecule has 1 aromatic rings. The van der Waals surface area contributed by atoms with Gasteiger partial charge in [0.2, 0.25) is 15.9 Å². The molecule has 23 heavy (non-hydrogen) atoms. The van der Waals surface area contributed by atoms with Crippen molar-refractivity contribution in [2.24, 2.45) is 0 Å². The molecular weight excluding hydrogens is 382 g/mol. The second-order valence-electron chi connectivity index (χ2n) is 5.23. The van der Waals surface area contributed by atoms with Crippen molar-refractivity contribution in [1.29, 1.82) is 0 Å². The van der Waals surface area contributed by atoms with Crippen LogP contribution < -0.4 is 5.32 Å². The second kappa shape index (κ2) is 8.05. The van der Waals surface area contributed by atoms with E-state index in [1.807, 2.05) is 4.90 Å². The predicted octanol–water partition coefficient (Wildman–Crippen LogP) is 1.06. The number of hydrogen-bond donors (Lipinski definition) is 1. The first kappa shape index (κ1) is 18.1. The Bertz CT molecular complexity index is 653. The van der Waals surface area contributed by atoms with Crippen LogP contribution in [0.25, 0.3) is 0 Å². The van der Waals surface area contributed by atoms with Gasteiger partial charge in [-0.3, -0.25) is 9.69 Å². The lowest BCUT2D eigenvalue weighted by molar-refractivity contribution is -0.122. The van der Waals surface area contributed by atoms with Crippen LogP contribution in [-0.4, -0.2) is 62.8 Å². The van der Waals surface area contributed by atoms with Crippen LogP contribution in [0.4, 0.5) is 0 Å². The van der Waals surface area contributed by atoms with Gasteiger partial charge < -0.3 is 5.32 Å². The molecule has 0 spiro atoms. The Morgan fingerprint density at radius 2 is 1.83 bits per heavy atom. The van der Waals surface area contributed by atoms with Crippen molar-refractivity contribution in [3.63, 3.8) is 0 Å². The summed E-state index contributed by atoms with van der Waals surface area (Å²) in [5, 5.41) is 2.72. The van der Waals surface area contributed by atoms with Gasteiger partial charge in [-0.1, -0.05) is 22.0 Å². The molecule has 0 aliphatic carbocycles. The topological polar surface area (TPSA) is 69.7 Å². The molecule has 1 heterocycles. The third kappa shape index (κ3) is 4.87. The van der Waals surface area contributed by atoms with Crippen LogP contribution in [0.1, 0.15) is 0 Å². The molecule has 1 aliphatic heterocycles. The fraction of sp³-hybridized carbons (Fsp3) is 0.400. The van der Waals surface area contributed by atoms with E-state index >= 15 is 0 Å². The number of nitrogens with zero attached hydrogens (tertiary/aromatic N) is 2. The number of amides is 1. The summed E-state index contributed by atoms with van der Waals surface area (Å²) in [5.74, 6) is -0.0749. The van der Waals surface area contributed by atoms with E-state index in [1.54, 1.807) is 30.3 Å². The molecule has 0 saturated carbocycles. The molecule has 0 bridgehead atoms. The molecule has 0 atom stereocenters. The van der Waals surface area contributed by atoms with Crippen molar-refractivity contribution in [1.82, 2.24) is 14.5 Å². The summed E-state index contributed by atoms with van der Waals surface area (Å²) in [4.78, 5) is 13.9. The SMILES string of the molecule is C=CCNC(=O)CN1CCN(S(=O)(=O)c2ccc(Br)cc2)CC1. The summed E-state index contributed by atoms with van der Waals surface area (Å²) >= 11 is 3.30. The molecule has 8 heteroatoms. The van der Waals surface area contributed by atoms with Crippen LogP contribution in [0, 0.1) is 0 Å². The number of nitrogens with one attached hydrogen (secondary N) is 1. The first-order valence-corrected chi connectivity index (χ1v) is 9.52. The fourth-order valence-corrected chi connectivity index (χ4v) is 4.02. The number of carbonyl (C=O) groups excluding carboxylic acids is 1. The average molecular weight is 402 g/mol. The summed E-state index contributed by atoms with van der Waals surface area (Å²) < 4.78 is 27.4. The van der Waals surface area contributed by atoms with Gasteiger partial charge in [0.1, 0.15) is 0 Å². The average Bonchev–Trinajstić information content (AvgIpc) is 2.54. The molecular formula is C15H20BrN3O3S. The van der Waals surface area contributed by atoms with E-state index in [0.717, 1.165) is 4.47 Å². The predicted molar refractivity (Wildman–Crippen MR) is 92.5 cm³/mol. The first-order valence-electron chi connectivity index (χ1n) is 7.29. The van der Waals surface area contributed by atoms with Crippen LogP contribution in [0.15, 0.2) is 46.3 Å². The third-order valence-corrected chi connectivity index (χ3v) is 6.03. The van der Waals surface area contributed by atoms with Gasteiger partial charge in [0.15, 0.2) is 0 Å². The van der Waals surface area contributed by atoms with E-state index in [2.05, 4.69) is 27.8 Å². The molecule has 126 valence electrons. The second-order valence-corrected chi connectivity index (χ2v) is 8.08. The van der Waals surface area contributed by atoms with Gasteiger partial charge in [0.05, 0.1) is 11.4 Å². The zero-order chi connectivity index (χ0) is 16.9. The minimum absolute atomic E-state index is 0.0749. The number of benzene rings is 1. The van der Waals surface area contributed by atoms with Gasteiger partial charge in [0.25, 0.3) is 0 Å². The summed E-state index contributed by atoms with van der Waals surface area (Å²) in [7, 11) is -3.47. The van der Waals surface area contributed by atoms with E-state index in [4.69, 9.17) is 0 Å². The lowest BCUT2D eigenvalue weighted by Crippen LogP contribution is -2.51. The Balaban J connectivity index is 1.92. The Kier molecular flexibility index (Phi) is 6.34. The molecule has 0 aromatic heterocycles. The quantitative estimate of drug-likeness (QED) is 0.723. The maximum atomic E-state index is 12.6. The van der Waals surface area contributed by atoms with Crippen molar-refractivity contribution in [2.45, 2.75) is 4.90 Å². The molecule has 1 fully saturated rings. The highest BCUT2D eigenvalue weighted by atomic mass is 79.9. The summed E-state index contributed by atoms with van der Waals surface area (Å²) in [6, 6.07) is 6.61. The molecule has 1 N–H and O–H groups in total. The van der Waals surface area contributed by atoms with Crippen molar-refractivity contribution in [3.8, 4) is 0 Å². The molecule has 1 aromatic carbocycles. The lowest BCUT2D eigenvalue weighted by atomic mass is 10.3. The molecule has 1 saturated heterocycles. The van der Waals surface area contributed by atoms with Crippen LogP contribution >= 0.6 is 15.9 Å². The Hall–Kier alpha value is -1.22. The zero-order valence-electron chi connectivity index (χ0n) is 12.7. The number of carbonyl (C=O) groups is 1. The van der Waals surface area contributed by atoms with Crippen molar-refractivity contribution < 1.29 is 13.2 Å². The smallest absolute Gasteiger partial charge is 0.243 e. The minimum Gasteiger partial charge on any atom is -0.352 e. The highest BCUT2D eigenvalue weighted by molar-refractivity contribution is 9.10. The monoisotopic (exact) mass is 401 g/mol. The summed E-state index contributed by atoms with van der Waals surface area (Å²) in [6.07, 6.45) is 1.63. The van der Waals surface area contributed by atoms with E-state index in [0.29, 0.717) is 32.7 Å². The van der Waals surface area contributed by atoms with E-state index in [-0.39, 0.29) is 17.3 Å². The van der Waals surface area contributed by atoms with Gasteiger partial charge >= 0.3 is 0 Å². The van der Waals surface area contributed by atoms with E-state index < -0.39 is 10.0 Å². The fourth-order valence-electron chi connectivity index (χ4n) is 2.33. The first-order chi connectivity index (χ1) is 10.9. The van der Waals surface area contributed by atoms with Crippen LogP contribution in [0.2, 0.25) is 0 Å². The van der Waals surface area contributed by atoms with Gasteiger partial charge in [-0.15, -0.1) is 6.58 Å². The lowest BCUT2D eigenvalue weighted by Gasteiger charge is -2.33. The molecule has 2 rings (SSSR count). The number of halogens is 1. The largest absolute Gasteiger partial charge is 0.352 e. The van der Waals surface area contributed by atoms with Crippen molar-refractivity contribution in [2.75, 3.05) is 39.3 Å². The molecule has 0 unspecified atom stereocenters. The van der Waals surface area contributed by atoms with Gasteiger partial charge in [0, 0.05) is 37.2 Å². The highest BCUT2D eigenvalue weighted by Gasteiger charge is 2.28. The normalized spacial score (nSPS) is 16.9. The Labute approximate surface area is 145 Å². The van der Waals surface area contributed by atoms with Crippen LogP contribution in [-0.2, 0) is 14.8 Å². The van der Waals surface area contributed by atoms with Crippen molar-refractivity contribution in [3.05, 3.63) is 41.4 Å². The zero-order valence-corrected chi connectivity index (χ0v) is 15.1. The Morgan fingerprint density at radius 3 is 2.39 bits per heavy atom. The molecule has 1 aliphatic rings. The number of rotatable bonds is 6. The van der Waals surface area contributed by atoms with Crippen LogP contribution in [0.5, 0.6) is 0 Å². The van der Waals surface area contributed by atoms with Gasteiger partial charge in [-0.05, 0) is 24.3 Å². The molecule has 0 radical (unpaired) electrons. The van der Waals surface area contributed by atoms with Gasteiger partial charge in [-0.2, -0.15) is 4.31 Å². The number of hydrogen-bond acceptors (Lipinski definition) is 4. The summed E-state index contributed by atoms with van der Waals surface area (Å²) in [5.41, 5.74) is 0. The third-order valence-electron chi connectivity index (χ3n) is 3.59. The van der Waals surface area contributed by atoms with Crippen molar-refractivity contribution >= 4 is 31.9 Å². The van der Waals surface area contributed by atoms with Crippen LogP contribution in [0.3, 0.4) is 0 Å². The van der Waals surface area contributed by atoms with Gasteiger partial charge in [-0.25, -0.2) is 8.42 Å². The highest BCUT2D eigenvalue weighted by Crippen LogP contribution is 2.20. The standard InChI is InChI=1S/C15H20BrN3O3S/c1-2-7-17-15(20)12-18-8-10-19(11-9-18)23(21,22)14-5-3-13(16)4-6-14/h2-6H,1,7-12H2,(H,17,20). The maximum Gasteiger partial charge on any atom is 0.243 e. The number of piperazine rings is 1.